The van der Waals surface area contributed by atoms with Crippen LogP contribution in [0.25, 0.3) is 0 Å². The summed E-state index contributed by atoms with van der Waals surface area (Å²) in [6.07, 6.45) is -0.390. The van der Waals surface area contributed by atoms with Gasteiger partial charge in [0, 0.05) is 0 Å². The van der Waals surface area contributed by atoms with E-state index in [1.54, 1.807) is 13.8 Å². The largest absolute Gasteiger partial charge is 0.472 e. The first-order valence-corrected chi connectivity index (χ1v) is 7.51. The smallest absolute Gasteiger partial charge is 0.303 e. The zero-order chi connectivity index (χ0) is 12.8. The van der Waals surface area contributed by atoms with Crippen LogP contribution in [0.1, 0.15) is 20.3 Å². The Balaban J connectivity index is 3.66. The van der Waals surface area contributed by atoms with E-state index in [0.717, 1.165) is 0 Å². The topological polar surface area (TPSA) is 123 Å². The first-order valence-electron chi connectivity index (χ1n) is 4.48. The summed E-state index contributed by atoms with van der Waals surface area (Å²) in [6.45, 7) is 2.68. The van der Waals surface area contributed by atoms with Gasteiger partial charge in [-0.2, -0.15) is 0 Å². The van der Waals surface area contributed by atoms with Gasteiger partial charge in [0.2, 0.25) is 0 Å². The maximum Gasteiger partial charge on any atom is 0.472 e. The number of hydrogen-bond acceptors (Lipinski definition) is 5. The van der Waals surface area contributed by atoms with Gasteiger partial charge in [-0.1, -0.05) is 0 Å². The molecule has 0 amide bonds. The molecule has 16 heavy (non-hydrogen) atoms. The highest BCUT2D eigenvalue weighted by Crippen LogP contribution is 2.44. The third-order valence-electron chi connectivity index (χ3n) is 1.15. The normalized spacial score (nSPS) is 16.4. The van der Waals surface area contributed by atoms with Crippen LogP contribution in [0.2, 0.25) is 0 Å². The van der Waals surface area contributed by atoms with Crippen molar-refractivity contribution in [3.8, 4) is 0 Å². The molecule has 0 spiro atoms. The summed E-state index contributed by atoms with van der Waals surface area (Å²) < 4.78 is 34.5. The Hall–Kier alpha value is 0.220. The first-order chi connectivity index (χ1) is 7.12. The van der Waals surface area contributed by atoms with Crippen LogP contribution in [0, 0.1) is 0 Å². The SMILES string of the molecule is CC(C)OP(=O)(O)OCCCOP(=O)(O)O. The van der Waals surface area contributed by atoms with Crippen LogP contribution in [0.3, 0.4) is 0 Å². The molecular formula is C6H16O8P2. The lowest BCUT2D eigenvalue weighted by molar-refractivity contribution is 0.113. The third-order valence-corrected chi connectivity index (χ3v) is 2.86. The van der Waals surface area contributed by atoms with Crippen LogP contribution in [-0.2, 0) is 22.7 Å². The molecule has 0 radical (unpaired) electrons. The average Bonchev–Trinajstić information content (AvgIpc) is 1.98. The summed E-state index contributed by atoms with van der Waals surface area (Å²) in [5, 5.41) is 0. The molecule has 0 aromatic heterocycles. The van der Waals surface area contributed by atoms with Crippen molar-refractivity contribution in [1.82, 2.24) is 0 Å². The van der Waals surface area contributed by atoms with Gasteiger partial charge in [0.05, 0.1) is 19.3 Å². The first kappa shape index (κ1) is 16.2. The minimum atomic E-state index is -4.49. The lowest BCUT2D eigenvalue weighted by atomic mass is 10.5. The van der Waals surface area contributed by atoms with Crippen molar-refractivity contribution in [2.24, 2.45) is 0 Å². The molecule has 0 bridgehead atoms. The number of hydrogen-bond donors (Lipinski definition) is 3. The second-order valence-electron chi connectivity index (χ2n) is 3.13. The molecule has 0 saturated heterocycles. The third kappa shape index (κ3) is 10.7. The molecule has 0 aliphatic rings. The Bertz CT molecular complexity index is 284. The van der Waals surface area contributed by atoms with E-state index in [0.29, 0.717) is 0 Å². The fourth-order valence-electron chi connectivity index (χ4n) is 0.719. The van der Waals surface area contributed by atoms with Gasteiger partial charge in [0.25, 0.3) is 0 Å². The molecule has 0 fully saturated rings. The fourth-order valence-corrected chi connectivity index (χ4v) is 2.04. The van der Waals surface area contributed by atoms with Crippen LogP contribution < -0.4 is 0 Å². The van der Waals surface area contributed by atoms with Gasteiger partial charge in [-0.3, -0.25) is 13.6 Å². The second kappa shape index (κ2) is 6.83. The molecule has 0 rings (SSSR count). The van der Waals surface area contributed by atoms with E-state index in [2.05, 4.69) is 13.6 Å². The maximum absolute atomic E-state index is 11.1. The fraction of sp³-hybridized carbons (Fsp3) is 1.00. The van der Waals surface area contributed by atoms with Crippen molar-refractivity contribution >= 4 is 15.6 Å². The van der Waals surface area contributed by atoms with Gasteiger partial charge >= 0.3 is 15.6 Å². The highest BCUT2D eigenvalue weighted by atomic mass is 31.2. The molecule has 8 nitrogen and oxygen atoms in total. The maximum atomic E-state index is 11.1. The van der Waals surface area contributed by atoms with Crippen LogP contribution >= 0.6 is 15.6 Å². The van der Waals surface area contributed by atoms with E-state index >= 15 is 0 Å². The van der Waals surface area contributed by atoms with Gasteiger partial charge in [-0.15, -0.1) is 0 Å². The summed E-state index contributed by atoms with van der Waals surface area (Å²) in [6, 6.07) is 0. The van der Waals surface area contributed by atoms with Crippen molar-refractivity contribution < 1.29 is 37.4 Å². The summed E-state index contributed by atoms with van der Waals surface area (Å²) in [5.74, 6) is 0. The van der Waals surface area contributed by atoms with Crippen LogP contribution in [0.4, 0.5) is 0 Å². The molecule has 1 atom stereocenters. The molecule has 0 heterocycles. The van der Waals surface area contributed by atoms with Crippen molar-refractivity contribution in [1.29, 1.82) is 0 Å². The van der Waals surface area contributed by atoms with Gasteiger partial charge < -0.3 is 14.7 Å². The van der Waals surface area contributed by atoms with Crippen LogP contribution in [0.15, 0.2) is 0 Å². The number of phosphoric ester groups is 2. The summed E-state index contributed by atoms with van der Waals surface area (Å²) in [5.41, 5.74) is 0. The molecule has 10 heteroatoms. The van der Waals surface area contributed by atoms with Crippen molar-refractivity contribution in [3.05, 3.63) is 0 Å². The molecule has 0 saturated carbocycles. The summed E-state index contributed by atoms with van der Waals surface area (Å²) in [7, 11) is -8.57. The van der Waals surface area contributed by atoms with Gasteiger partial charge in [0.1, 0.15) is 0 Å². The summed E-state index contributed by atoms with van der Waals surface area (Å²) in [4.78, 5) is 25.7. The quantitative estimate of drug-likeness (QED) is 0.444. The van der Waals surface area contributed by atoms with E-state index in [1.807, 2.05) is 0 Å². The summed E-state index contributed by atoms with van der Waals surface area (Å²) >= 11 is 0. The predicted octanol–water partition coefficient (Wildman–Crippen LogP) is 1.03. The van der Waals surface area contributed by atoms with Gasteiger partial charge in [-0.05, 0) is 20.3 Å². The highest BCUT2D eigenvalue weighted by Gasteiger charge is 2.22. The average molecular weight is 278 g/mol. The Morgan fingerprint density at radius 2 is 1.56 bits per heavy atom. The Morgan fingerprint density at radius 3 is 2.00 bits per heavy atom. The standard InChI is InChI=1S/C6H16O8P2/c1-6(2)14-16(10,11)13-5-3-4-12-15(7,8)9/h6H,3-5H2,1-2H3,(H,10,11)(H2,7,8,9). The number of rotatable bonds is 8. The van der Waals surface area contributed by atoms with E-state index in [9.17, 15) is 9.13 Å². The van der Waals surface area contributed by atoms with E-state index in [-0.39, 0.29) is 19.6 Å². The molecule has 0 aliphatic heterocycles. The molecule has 0 aliphatic carbocycles. The van der Waals surface area contributed by atoms with Crippen molar-refractivity contribution in [3.63, 3.8) is 0 Å². The minimum absolute atomic E-state index is 0.0666. The number of phosphoric acid groups is 2. The van der Waals surface area contributed by atoms with Gasteiger partial charge in [-0.25, -0.2) is 9.13 Å². The van der Waals surface area contributed by atoms with E-state index in [1.165, 1.54) is 0 Å². The van der Waals surface area contributed by atoms with E-state index in [4.69, 9.17) is 14.7 Å². The van der Waals surface area contributed by atoms with Gasteiger partial charge in [0.15, 0.2) is 0 Å². The van der Waals surface area contributed by atoms with Crippen molar-refractivity contribution in [2.75, 3.05) is 13.2 Å². The monoisotopic (exact) mass is 278 g/mol. The molecule has 0 aromatic carbocycles. The molecule has 98 valence electrons. The minimum Gasteiger partial charge on any atom is -0.303 e. The zero-order valence-corrected chi connectivity index (χ0v) is 10.8. The lowest BCUT2D eigenvalue weighted by Crippen LogP contribution is -2.05. The zero-order valence-electron chi connectivity index (χ0n) is 8.98. The van der Waals surface area contributed by atoms with E-state index < -0.39 is 21.7 Å². The molecule has 0 aromatic rings. The lowest BCUT2D eigenvalue weighted by Gasteiger charge is -2.14. The molecular weight excluding hydrogens is 262 g/mol. The van der Waals surface area contributed by atoms with Crippen LogP contribution in [-0.4, -0.2) is 34.0 Å². The Morgan fingerprint density at radius 1 is 1.06 bits per heavy atom. The molecule has 1 unspecified atom stereocenters. The predicted molar refractivity (Wildman–Crippen MR) is 54.6 cm³/mol. The Labute approximate surface area is 93.4 Å². The highest BCUT2D eigenvalue weighted by molar-refractivity contribution is 7.47. The van der Waals surface area contributed by atoms with Crippen LogP contribution in [0.5, 0.6) is 0 Å². The van der Waals surface area contributed by atoms with Crippen molar-refractivity contribution in [2.45, 2.75) is 26.4 Å². The second-order valence-corrected chi connectivity index (χ2v) is 5.78. The Kier molecular flexibility index (Phi) is 6.93. The molecule has 3 N–H and O–H groups in total.